The van der Waals surface area contributed by atoms with Gasteiger partial charge in [-0.15, -0.1) is 0 Å². The van der Waals surface area contributed by atoms with E-state index in [0.29, 0.717) is 5.56 Å². The van der Waals surface area contributed by atoms with E-state index in [1.807, 2.05) is 0 Å². The largest absolute Gasteiger partial charge is 0.548 e. The molecule has 1 aromatic carbocycles. The molecule has 1 aromatic rings. The Morgan fingerprint density at radius 3 is 2.05 bits per heavy atom. The summed E-state index contributed by atoms with van der Waals surface area (Å²) < 4.78 is 0. The van der Waals surface area contributed by atoms with Gasteiger partial charge in [-0.2, -0.15) is 0 Å². The highest BCUT2D eigenvalue weighted by molar-refractivity contribution is 5.95. The fourth-order valence-corrected chi connectivity index (χ4v) is 0.844. The van der Waals surface area contributed by atoms with Crippen molar-refractivity contribution in [3.63, 3.8) is 0 Å². The maximum absolute atomic E-state index is 11.1. The SMILES string of the molecule is CC(C)C(N)=O.O=C([O-])CNC(=O)c1ccccc1. The third kappa shape index (κ3) is 8.37. The Balaban J connectivity index is 0.000000459. The van der Waals surface area contributed by atoms with Crippen molar-refractivity contribution in [3.05, 3.63) is 35.9 Å². The second-order valence-corrected chi connectivity index (χ2v) is 3.98. The number of nitrogens with one attached hydrogen (secondary N) is 1. The summed E-state index contributed by atoms with van der Waals surface area (Å²) in [5.41, 5.74) is 5.23. The minimum Gasteiger partial charge on any atom is -0.548 e. The predicted molar refractivity (Wildman–Crippen MR) is 67.8 cm³/mol. The number of hydrogen-bond donors (Lipinski definition) is 2. The number of benzene rings is 1. The summed E-state index contributed by atoms with van der Waals surface area (Å²) >= 11 is 0. The molecule has 2 amide bonds. The second kappa shape index (κ2) is 8.68. The summed E-state index contributed by atoms with van der Waals surface area (Å²) in [5, 5.41) is 12.2. The highest BCUT2D eigenvalue weighted by Crippen LogP contribution is 1.96. The van der Waals surface area contributed by atoms with E-state index in [1.165, 1.54) is 0 Å². The smallest absolute Gasteiger partial charge is 0.251 e. The van der Waals surface area contributed by atoms with Gasteiger partial charge in [-0.25, -0.2) is 0 Å². The van der Waals surface area contributed by atoms with Crippen LogP contribution in [-0.4, -0.2) is 24.3 Å². The standard InChI is InChI=1S/C9H9NO3.C4H9NO/c11-8(12)6-10-9(13)7-4-2-1-3-5-7;1-3(2)4(5)6/h1-5H,6H2,(H,10,13)(H,11,12);3H,1-2H3,(H2,5,6)/p-1. The van der Waals surface area contributed by atoms with Crippen molar-refractivity contribution in [1.82, 2.24) is 5.32 Å². The van der Waals surface area contributed by atoms with Gasteiger partial charge in [0.05, 0.1) is 12.5 Å². The molecule has 1 rings (SSSR count). The van der Waals surface area contributed by atoms with E-state index in [1.54, 1.807) is 44.2 Å². The number of amides is 2. The molecule has 6 heteroatoms. The van der Waals surface area contributed by atoms with Crippen LogP contribution >= 0.6 is 0 Å². The number of carboxylic acids is 1. The zero-order chi connectivity index (χ0) is 14.8. The molecular weight excluding hydrogens is 248 g/mol. The predicted octanol–water partition coefficient (Wildman–Crippen LogP) is -0.706. The van der Waals surface area contributed by atoms with Crippen LogP contribution in [0.1, 0.15) is 24.2 Å². The maximum atomic E-state index is 11.1. The van der Waals surface area contributed by atoms with E-state index >= 15 is 0 Å². The van der Waals surface area contributed by atoms with Gasteiger partial charge in [0.25, 0.3) is 5.91 Å². The number of aliphatic carboxylic acids is 1. The summed E-state index contributed by atoms with van der Waals surface area (Å²) in [6.07, 6.45) is 0. The van der Waals surface area contributed by atoms with E-state index < -0.39 is 18.4 Å². The fraction of sp³-hybridized carbons (Fsp3) is 0.308. The normalized spacial score (nSPS) is 9.21. The van der Waals surface area contributed by atoms with Gasteiger partial charge in [0.15, 0.2) is 0 Å². The van der Waals surface area contributed by atoms with E-state index in [4.69, 9.17) is 5.73 Å². The molecular formula is C13H17N2O4-. The van der Waals surface area contributed by atoms with Gasteiger partial charge in [-0.3, -0.25) is 9.59 Å². The number of carboxylic acid groups (broad SMARTS) is 1. The molecule has 0 saturated heterocycles. The van der Waals surface area contributed by atoms with Crippen molar-refractivity contribution in [2.45, 2.75) is 13.8 Å². The highest BCUT2D eigenvalue weighted by Gasteiger charge is 2.02. The minimum atomic E-state index is -1.30. The number of carbonyl (C=O) groups excluding carboxylic acids is 3. The average molecular weight is 265 g/mol. The zero-order valence-electron chi connectivity index (χ0n) is 10.9. The Morgan fingerprint density at radius 1 is 1.21 bits per heavy atom. The first-order valence-electron chi connectivity index (χ1n) is 5.67. The van der Waals surface area contributed by atoms with Crippen LogP contribution in [0.3, 0.4) is 0 Å². The lowest BCUT2D eigenvalue weighted by molar-refractivity contribution is -0.303. The van der Waals surface area contributed by atoms with Crippen LogP contribution in [0.15, 0.2) is 30.3 Å². The van der Waals surface area contributed by atoms with Gasteiger partial charge < -0.3 is 21.0 Å². The van der Waals surface area contributed by atoms with Crippen LogP contribution in [0.2, 0.25) is 0 Å². The molecule has 0 radical (unpaired) electrons. The van der Waals surface area contributed by atoms with Crippen LogP contribution in [-0.2, 0) is 9.59 Å². The van der Waals surface area contributed by atoms with Gasteiger partial charge in [-0.05, 0) is 12.1 Å². The van der Waals surface area contributed by atoms with Crippen molar-refractivity contribution in [2.75, 3.05) is 6.54 Å². The summed E-state index contributed by atoms with van der Waals surface area (Å²) in [5.74, 6) is -1.96. The third-order valence-electron chi connectivity index (χ3n) is 2.00. The molecule has 104 valence electrons. The van der Waals surface area contributed by atoms with Gasteiger partial charge in [0.1, 0.15) is 0 Å². The molecule has 0 heterocycles. The van der Waals surface area contributed by atoms with E-state index in [9.17, 15) is 19.5 Å². The van der Waals surface area contributed by atoms with Crippen molar-refractivity contribution >= 4 is 17.8 Å². The van der Waals surface area contributed by atoms with Crippen LogP contribution in [0.25, 0.3) is 0 Å². The molecule has 0 atom stereocenters. The number of hydrogen-bond acceptors (Lipinski definition) is 4. The Morgan fingerprint density at radius 2 is 1.68 bits per heavy atom. The first-order chi connectivity index (χ1) is 8.84. The van der Waals surface area contributed by atoms with Crippen molar-refractivity contribution in [2.24, 2.45) is 11.7 Å². The van der Waals surface area contributed by atoms with Crippen LogP contribution in [0, 0.1) is 5.92 Å². The first kappa shape index (κ1) is 16.6. The summed E-state index contributed by atoms with van der Waals surface area (Å²) in [6, 6.07) is 8.38. The molecule has 0 fully saturated rings. The second-order valence-electron chi connectivity index (χ2n) is 3.98. The van der Waals surface area contributed by atoms with E-state index in [0.717, 1.165) is 0 Å². The lowest BCUT2D eigenvalue weighted by Crippen LogP contribution is -2.37. The van der Waals surface area contributed by atoms with Crippen LogP contribution in [0.4, 0.5) is 0 Å². The number of nitrogens with two attached hydrogens (primary N) is 1. The number of rotatable bonds is 4. The molecule has 0 unspecified atom stereocenters. The lowest BCUT2D eigenvalue weighted by Gasteiger charge is -2.04. The molecule has 19 heavy (non-hydrogen) atoms. The van der Waals surface area contributed by atoms with Crippen LogP contribution in [0.5, 0.6) is 0 Å². The third-order valence-corrected chi connectivity index (χ3v) is 2.00. The van der Waals surface area contributed by atoms with E-state index in [2.05, 4.69) is 5.32 Å². The molecule has 3 N–H and O–H groups in total. The molecule has 0 bridgehead atoms. The summed E-state index contributed by atoms with van der Waals surface area (Å²) in [4.78, 5) is 31.1. The lowest BCUT2D eigenvalue weighted by atomic mass is 10.2. The van der Waals surface area contributed by atoms with Crippen molar-refractivity contribution in [1.29, 1.82) is 0 Å². The topological polar surface area (TPSA) is 112 Å². The molecule has 0 saturated carbocycles. The maximum Gasteiger partial charge on any atom is 0.251 e. The van der Waals surface area contributed by atoms with Crippen molar-refractivity contribution < 1.29 is 19.5 Å². The number of primary amides is 1. The molecule has 0 spiro atoms. The van der Waals surface area contributed by atoms with Gasteiger partial charge >= 0.3 is 0 Å². The molecule has 0 aromatic heterocycles. The summed E-state index contributed by atoms with van der Waals surface area (Å²) in [6.45, 7) is 3.07. The monoisotopic (exact) mass is 265 g/mol. The Hall–Kier alpha value is -2.37. The van der Waals surface area contributed by atoms with Gasteiger partial charge in [0, 0.05) is 11.5 Å². The molecule has 0 aliphatic rings. The minimum absolute atomic E-state index is 0.00926. The molecule has 6 nitrogen and oxygen atoms in total. The molecule has 0 aliphatic carbocycles. The van der Waals surface area contributed by atoms with Crippen molar-refractivity contribution in [3.8, 4) is 0 Å². The summed E-state index contributed by atoms with van der Waals surface area (Å²) in [7, 11) is 0. The Labute approximate surface area is 111 Å². The molecule has 0 aliphatic heterocycles. The first-order valence-corrected chi connectivity index (χ1v) is 5.67. The highest BCUT2D eigenvalue weighted by atomic mass is 16.4. The zero-order valence-corrected chi connectivity index (χ0v) is 10.9. The number of carbonyl (C=O) groups is 3. The fourth-order valence-electron chi connectivity index (χ4n) is 0.844. The average Bonchev–Trinajstić information content (AvgIpc) is 2.37. The Kier molecular flexibility index (Phi) is 7.60. The van der Waals surface area contributed by atoms with E-state index in [-0.39, 0.29) is 11.8 Å². The van der Waals surface area contributed by atoms with Gasteiger partial charge in [0.2, 0.25) is 5.91 Å². The van der Waals surface area contributed by atoms with Crippen LogP contribution < -0.4 is 16.2 Å². The quantitative estimate of drug-likeness (QED) is 0.749. The van der Waals surface area contributed by atoms with Gasteiger partial charge in [-0.1, -0.05) is 32.0 Å². The Bertz CT molecular complexity index is 430.